The summed E-state index contributed by atoms with van der Waals surface area (Å²) in [5.41, 5.74) is 1.87. The van der Waals surface area contributed by atoms with Gasteiger partial charge in [0.05, 0.1) is 53.0 Å². The van der Waals surface area contributed by atoms with E-state index in [9.17, 15) is 18.0 Å². The molecule has 12 heteroatoms. The van der Waals surface area contributed by atoms with E-state index >= 15 is 0 Å². The average Bonchev–Trinajstić information content (AvgIpc) is 3.18. The Morgan fingerprint density at radius 1 is 1.06 bits per heavy atom. The number of sulfone groups is 1. The van der Waals surface area contributed by atoms with E-state index in [4.69, 9.17) is 14.5 Å². The molecule has 0 saturated carbocycles. The molecule has 0 unspecified atom stereocenters. The molecule has 0 bridgehead atoms. The monoisotopic (exact) mass is 501 g/mol. The predicted molar refractivity (Wildman–Crippen MR) is 127 cm³/mol. The van der Waals surface area contributed by atoms with Gasteiger partial charge in [-0.15, -0.1) is 0 Å². The lowest BCUT2D eigenvalue weighted by molar-refractivity contribution is 0.0588. The molecule has 11 nitrogen and oxygen atoms in total. The van der Waals surface area contributed by atoms with E-state index in [0.717, 1.165) is 6.26 Å². The number of aromatic nitrogens is 4. The number of carbonyl (C=O) groups excluding carboxylic acids is 2. The molecule has 1 aromatic carbocycles. The number of hydrogen-bond acceptors (Lipinski definition) is 10. The summed E-state index contributed by atoms with van der Waals surface area (Å²) in [6, 6.07) is 2.73. The Kier molecular flexibility index (Phi) is 6.26. The number of methoxy groups -OCH3 is 2. The molecule has 0 amide bonds. The van der Waals surface area contributed by atoms with Crippen LogP contribution in [0.5, 0.6) is 0 Å². The largest absolute Gasteiger partial charge is 0.465 e. The van der Waals surface area contributed by atoms with Gasteiger partial charge in [-0.2, -0.15) is 0 Å². The molecule has 2 aromatic heterocycles. The number of carbonyl (C=O) groups is 2. The third-order valence-corrected chi connectivity index (χ3v) is 7.25. The predicted octanol–water partition coefficient (Wildman–Crippen LogP) is 2.33. The Balaban J connectivity index is 1.86. The number of rotatable bonds is 5. The van der Waals surface area contributed by atoms with Crippen LogP contribution in [0.1, 0.15) is 52.1 Å². The average molecular weight is 502 g/mol. The molecule has 3 heterocycles. The summed E-state index contributed by atoms with van der Waals surface area (Å²) < 4.78 is 36.5. The first-order chi connectivity index (χ1) is 16.5. The van der Waals surface area contributed by atoms with Crippen molar-refractivity contribution in [3.05, 3.63) is 41.0 Å². The van der Waals surface area contributed by atoms with Crippen molar-refractivity contribution in [3.8, 4) is 0 Å². The molecule has 0 aliphatic carbocycles. The molecular weight excluding hydrogens is 474 g/mol. The first-order valence-corrected chi connectivity index (χ1v) is 12.9. The minimum absolute atomic E-state index is 0.0479. The van der Waals surface area contributed by atoms with Crippen molar-refractivity contribution in [2.24, 2.45) is 5.92 Å². The number of nitrogens with zero attached hydrogens (tertiary/aromatic N) is 5. The molecule has 4 rings (SSSR count). The summed E-state index contributed by atoms with van der Waals surface area (Å²) >= 11 is 0. The topological polar surface area (TPSA) is 134 Å². The Morgan fingerprint density at radius 2 is 1.71 bits per heavy atom. The van der Waals surface area contributed by atoms with Gasteiger partial charge in [-0.05, 0) is 25.0 Å². The maximum absolute atomic E-state index is 12.5. The minimum atomic E-state index is -3.70. The van der Waals surface area contributed by atoms with E-state index < -0.39 is 21.8 Å². The first-order valence-electron chi connectivity index (χ1n) is 11.0. The Labute approximate surface area is 203 Å². The molecule has 0 radical (unpaired) electrons. The summed E-state index contributed by atoms with van der Waals surface area (Å²) in [5.74, 6) is 0.0117. The summed E-state index contributed by atoms with van der Waals surface area (Å²) in [7, 11) is -1.19. The highest BCUT2D eigenvalue weighted by molar-refractivity contribution is 7.90. The van der Waals surface area contributed by atoms with Crippen LogP contribution < -0.4 is 4.90 Å². The summed E-state index contributed by atoms with van der Waals surface area (Å²) in [6.07, 6.45) is 2.52. The summed E-state index contributed by atoms with van der Waals surface area (Å²) in [6.45, 7) is 6.85. The van der Waals surface area contributed by atoms with E-state index in [0.29, 0.717) is 47.2 Å². The van der Waals surface area contributed by atoms with Crippen LogP contribution >= 0.6 is 0 Å². The zero-order valence-electron chi connectivity index (χ0n) is 20.4. The second-order valence-electron chi connectivity index (χ2n) is 8.77. The van der Waals surface area contributed by atoms with Gasteiger partial charge in [0.2, 0.25) is 5.95 Å². The fraction of sp³-hybridized carbons (Fsp3) is 0.435. The van der Waals surface area contributed by atoms with Crippen LogP contribution in [0.25, 0.3) is 11.0 Å². The first kappa shape index (κ1) is 24.6. The molecule has 0 saturated heterocycles. The van der Waals surface area contributed by atoms with Crippen molar-refractivity contribution in [3.63, 3.8) is 0 Å². The lowest BCUT2D eigenvalue weighted by atomic mass is 10.00. The van der Waals surface area contributed by atoms with Gasteiger partial charge in [-0.25, -0.2) is 33.0 Å². The van der Waals surface area contributed by atoms with E-state index in [2.05, 4.69) is 9.97 Å². The third kappa shape index (κ3) is 4.22. The second-order valence-corrected chi connectivity index (χ2v) is 10.7. The highest BCUT2D eigenvalue weighted by Crippen LogP contribution is 2.37. The molecular formula is C23H27N5O6S. The standard InChI is InChI=1S/C23H27N5O6S/c1-12(2)19-20-26-16-9-14(21(29)33-4)18(35(6,31)32)10-17(16)27(20)7-8-28(19)23-24-11-15(13(3)25-23)22(30)34-5/h9-12,19H,7-8H2,1-6H3/t19-/m1/s1. The van der Waals surface area contributed by atoms with Gasteiger partial charge in [0.1, 0.15) is 5.82 Å². The number of fused-ring (bicyclic) bond motifs is 3. The zero-order chi connectivity index (χ0) is 25.7. The van der Waals surface area contributed by atoms with Crippen molar-refractivity contribution in [1.82, 2.24) is 19.5 Å². The minimum Gasteiger partial charge on any atom is -0.465 e. The van der Waals surface area contributed by atoms with E-state index in [-0.39, 0.29) is 22.4 Å². The molecule has 0 fully saturated rings. The van der Waals surface area contributed by atoms with Gasteiger partial charge >= 0.3 is 11.9 Å². The molecule has 186 valence electrons. The number of benzene rings is 1. The maximum Gasteiger partial charge on any atom is 0.341 e. The Bertz CT molecular complexity index is 1450. The van der Waals surface area contributed by atoms with Crippen LogP contribution in [0.3, 0.4) is 0 Å². The Hall–Kier alpha value is -3.54. The van der Waals surface area contributed by atoms with E-state index in [1.807, 2.05) is 23.3 Å². The normalized spacial score (nSPS) is 15.9. The summed E-state index contributed by atoms with van der Waals surface area (Å²) in [4.78, 5) is 40.0. The van der Waals surface area contributed by atoms with E-state index in [1.165, 1.54) is 32.5 Å². The van der Waals surface area contributed by atoms with Gasteiger partial charge in [0.15, 0.2) is 9.84 Å². The van der Waals surface area contributed by atoms with Crippen molar-refractivity contribution < 1.29 is 27.5 Å². The number of ether oxygens (including phenoxy) is 2. The molecule has 35 heavy (non-hydrogen) atoms. The molecule has 3 aromatic rings. The lowest BCUT2D eigenvalue weighted by Crippen LogP contribution is -2.42. The molecule has 0 N–H and O–H groups in total. The molecule has 1 atom stereocenters. The number of hydrogen-bond donors (Lipinski definition) is 0. The fourth-order valence-corrected chi connectivity index (χ4v) is 5.35. The highest BCUT2D eigenvalue weighted by Gasteiger charge is 2.35. The fourth-order valence-electron chi connectivity index (χ4n) is 4.48. The van der Waals surface area contributed by atoms with Crippen LogP contribution in [0.2, 0.25) is 0 Å². The quantitative estimate of drug-likeness (QED) is 0.480. The number of anilines is 1. The van der Waals surface area contributed by atoms with Crippen molar-refractivity contribution in [2.75, 3.05) is 31.9 Å². The van der Waals surface area contributed by atoms with Gasteiger partial charge in [0, 0.05) is 25.5 Å². The van der Waals surface area contributed by atoms with Gasteiger partial charge in [-0.3, -0.25) is 0 Å². The van der Waals surface area contributed by atoms with Gasteiger partial charge < -0.3 is 18.9 Å². The maximum atomic E-state index is 12.5. The van der Waals surface area contributed by atoms with Crippen LogP contribution in [-0.4, -0.2) is 66.9 Å². The van der Waals surface area contributed by atoms with Crippen LogP contribution in [0.4, 0.5) is 5.95 Å². The van der Waals surface area contributed by atoms with E-state index in [1.54, 1.807) is 6.92 Å². The van der Waals surface area contributed by atoms with Crippen LogP contribution in [0, 0.1) is 12.8 Å². The third-order valence-electron chi connectivity index (χ3n) is 6.11. The Morgan fingerprint density at radius 3 is 2.29 bits per heavy atom. The van der Waals surface area contributed by atoms with Gasteiger partial charge in [-0.1, -0.05) is 13.8 Å². The molecule has 1 aliphatic rings. The number of imidazole rings is 1. The van der Waals surface area contributed by atoms with Crippen LogP contribution in [0.15, 0.2) is 23.2 Å². The second kappa shape index (κ2) is 8.91. The lowest BCUT2D eigenvalue weighted by Gasteiger charge is -2.38. The van der Waals surface area contributed by atoms with Crippen molar-refractivity contribution in [2.45, 2.75) is 38.3 Å². The van der Waals surface area contributed by atoms with Gasteiger partial charge in [0.25, 0.3) is 0 Å². The molecule has 1 aliphatic heterocycles. The van der Waals surface area contributed by atoms with Crippen molar-refractivity contribution in [1.29, 1.82) is 0 Å². The molecule has 0 spiro atoms. The number of aryl methyl sites for hydroxylation is 1. The smallest absolute Gasteiger partial charge is 0.341 e. The zero-order valence-corrected chi connectivity index (χ0v) is 21.2. The number of esters is 2. The highest BCUT2D eigenvalue weighted by atomic mass is 32.2. The van der Waals surface area contributed by atoms with Crippen molar-refractivity contribution >= 4 is 38.8 Å². The SMILES string of the molecule is COC(=O)c1cc2nc3n(c2cc1S(C)(=O)=O)CCN(c1ncc(C(=O)OC)c(C)n1)[C@@H]3C(C)C. The van der Waals surface area contributed by atoms with Crippen LogP contribution in [-0.2, 0) is 25.9 Å². The summed E-state index contributed by atoms with van der Waals surface area (Å²) in [5, 5.41) is 0.